The monoisotopic (exact) mass is 1000 g/mol. The molecule has 351 valence electrons. The van der Waals surface area contributed by atoms with Gasteiger partial charge in [-0.3, -0.25) is 0 Å². The van der Waals surface area contributed by atoms with Gasteiger partial charge in [-0.1, -0.05) is 109 Å². The summed E-state index contributed by atoms with van der Waals surface area (Å²) in [6.07, 6.45) is 0. The maximum Gasteiger partial charge on any atom is 0.344 e. The number of H-pyrrole nitrogens is 2. The molecular formula is C56H28CuN8O8. The zero-order valence-electron chi connectivity index (χ0n) is 37.1. The fourth-order valence-corrected chi connectivity index (χ4v) is 10.5. The van der Waals surface area contributed by atoms with Crippen LogP contribution in [0.15, 0.2) is 140 Å². The van der Waals surface area contributed by atoms with Crippen LogP contribution in [0.4, 0.5) is 0 Å². The van der Waals surface area contributed by atoms with Gasteiger partial charge in [-0.15, -0.1) is 0 Å². The van der Waals surface area contributed by atoms with E-state index in [1.807, 2.05) is 78.9 Å². The molecule has 2 aliphatic heterocycles. The number of carbonyl (C=O) groups excluding carboxylic acids is 1. The molecule has 1 radical (unpaired) electrons. The van der Waals surface area contributed by atoms with Crippen molar-refractivity contribution in [3.63, 3.8) is 0 Å². The Bertz CT molecular complexity index is 4630. The summed E-state index contributed by atoms with van der Waals surface area (Å²) in [5.74, 6) is -3.21. The minimum absolute atomic E-state index is 0. The first-order chi connectivity index (χ1) is 35.1. The van der Waals surface area contributed by atoms with Gasteiger partial charge in [-0.25, -0.2) is 49.1 Å². The van der Waals surface area contributed by atoms with Crippen LogP contribution in [0.1, 0.15) is 41.4 Å². The fourth-order valence-electron chi connectivity index (χ4n) is 10.5. The van der Waals surface area contributed by atoms with Crippen molar-refractivity contribution in [2.75, 3.05) is 0 Å². The zero-order chi connectivity index (χ0) is 48.7. The molecule has 17 heteroatoms. The van der Waals surface area contributed by atoms with E-state index in [1.54, 1.807) is 36.4 Å². The number of aromatic amines is 2. The van der Waals surface area contributed by atoms with Crippen LogP contribution in [0.25, 0.3) is 133 Å². The first-order valence-electron chi connectivity index (χ1n) is 22.4. The number of ether oxygens (including phenoxy) is 1. The number of carbonyl (C=O) groups is 4. The first kappa shape index (κ1) is 43.1. The largest absolute Gasteiger partial charge is 0.478 e. The number of aromatic carboxylic acids is 3. The van der Waals surface area contributed by atoms with Crippen LogP contribution in [0, 0.1) is 0 Å². The quantitative estimate of drug-likeness (QED) is 0.0354. The van der Waals surface area contributed by atoms with Crippen molar-refractivity contribution in [2.45, 2.75) is 0 Å². The molecule has 0 saturated heterocycles. The number of nitrogens with one attached hydrogen (secondary N) is 2. The van der Waals surface area contributed by atoms with Gasteiger partial charge in [-0.05, 0) is 62.6 Å². The molecule has 0 amide bonds. The third-order valence-electron chi connectivity index (χ3n) is 13.6. The molecule has 0 unspecified atom stereocenters. The standard InChI is InChI=1S/C56H28N8O8.Cu/c65-53(66)35-20-16-24-26-18-22-37(55(69)70)43-38(23-19-27(41(26)43)25-17-21-36(54(67)68)42(35)40(24)25)56(71)72-39-15-7-14-34-44(39)52-63-50-33-13-6-5-12-32(33)48(61-50)59-46-29-9-2-1-8-28(29)45(57-46)58-47-30-10-3-4-11-31(30)49(60-47)62-51(34)64-52;/h1-23H,(H,65,66)(H,67,68)(H,69,70)(H2,57,58,59,60,61,62,63,64);. The Morgan fingerprint density at radius 2 is 0.699 bits per heavy atom. The van der Waals surface area contributed by atoms with E-state index in [-0.39, 0.29) is 61.5 Å². The maximum atomic E-state index is 14.9. The predicted molar refractivity (Wildman–Crippen MR) is 270 cm³/mol. The Morgan fingerprint density at radius 3 is 1.14 bits per heavy atom. The molecule has 2 aliphatic rings. The van der Waals surface area contributed by atoms with Gasteiger partial charge in [0.2, 0.25) is 0 Å². The Morgan fingerprint density at radius 1 is 0.342 bits per heavy atom. The van der Waals surface area contributed by atoms with Crippen molar-refractivity contribution >= 4 is 111 Å². The summed E-state index contributed by atoms with van der Waals surface area (Å²) in [5, 5.41) is 36.3. The number of rotatable bonds is 5. The summed E-state index contributed by atoms with van der Waals surface area (Å²) in [6.45, 7) is 0. The molecule has 9 aromatic carbocycles. The topological polar surface area (TPSA) is 247 Å². The van der Waals surface area contributed by atoms with Crippen molar-refractivity contribution in [1.82, 2.24) is 39.9 Å². The van der Waals surface area contributed by atoms with Crippen molar-refractivity contribution in [1.29, 1.82) is 0 Å². The van der Waals surface area contributed by atoms with E-state index >= 15 is 0 Å². The van der Waals surface area contributed by atoms with Gasteiger partial charge in [-0.2, -0.15) is 0 Å². The molecule has 0 spiro atoms. The van der Waals surface area contributed by atoms with Crippen LogP contribution in [-0.4, -0.2) is 79.1 Å². The average molecular weight is 1000 g/mol. The molecule has 73 heavy (non-hydrogen) atoms. The van der Waals surface area contributed by atoms with Gasteiger partial charge in [0.25, 0.3) is 0 Å². The molecule has 14 rings (SSSR count). The van der Waals surface area contributed by atoms with Crippen LogP contribution in [0.5, 0.6) is 5.75 Å². The smallest absolute Gasteiger partial charge is 0.344 e. The van der Waals surface area contributed by atoms with Crippen LogP contribution in [0.3, 0.4) is 0 Å². The Labute approximate surface area is 418 Å². The summed E-state index contributed by atoms with van der Waals surface area (Å²) in [5.41, 5.74) is 3.96. The van der Waals surface area contributed by atoms with E-state index in [2.05, 4.69) is 9.97 Å². The summed E-state index contributed by atoms with van der Waals surface area (Å²) < 4.78 is 6.37. The second-order valence-electron chi connectivity index (χ2n) is 17.4. The van der Waals surface area contributed by atoms with Crippen molar-refractivity contribution in [2.24, 2.45) is 0 Å². The van der Waals surface area contributed by atoms with Crippen molar-refractivity contribution in [3.8, 4) is 51.3 Å². The fraction of sp³-hybridized carbons (Fsp3) is 0. The molecule has 3 aromatic heterocycles. The van der Waals surface area contributed by atoms with Gasteiger partial charge < -0.3 is 30.0 Å². The third kappa shape index (κ3) is 6.26. The normalized spacial score (nSPS) is 11.8. The van der Waals surface area contributed by atoms with Gasteiger partial charge in [0.1, 0.15) is 28.3 Å². The number of esters is 1. The van der Waals surface area contributed by atoms with E-state index < -0.39 is 23.9 Å². The Balaban J connectivity index is 0.00000516. The summed E-state index contributed by atoms with van der Waals surface area (Å²) in [4.78, 5) is 90.0. The zero-order valence-corrected chi connectivity index (χ0v) is 38.1. The van der Waals surface area contributed by atoms with Crippen LogP contribution in [-0.2, 0) is 17.1 Å². The van der Waals surface area contributed by atoms with E-state index in [9.17, 15) is 34.5 Å². The molecule has 0 atom stereocenters. The van der Waals surface area contributed by atoms with Crippen LogP contribution < -0.4 is 4.74 Å². The van der Waals surface area contributed by atoms with Gasteiger partial charge in [0.15, 0.2) is 23.3 Å². The van der Waals surface area contributed by atoms with E-state index in [4.69, 9.17) is 34.6 Å². The Hall–Kier alpha value is -9.96. The molecule has 8 bridgehead atoms. The summed E-state index contributed by atoms with van der Waals surface area (Å²) in [7, 11) is 0. The molecule has 0 aliphatic carbocycles. The first-order valence-corrected chi connectivity index (χ1v) is 22.4. The summed E-state index contributed by atoms with van der Waals surface area (Å²) in [6, 6.07) is 40.0. The minimum atomic E-state index is -1.31. The number of carboxylic acid groups (broad SMARTS) is 3. The second kappa shape index (κ2) is 15.8. The number of carboxylic acids is 3. The summed E-state index contributed by atoms with van der Waals surface area (Å²) >= 11 is 0. The van der Waals surface area contributed by atoms with Crippen molar-refractivity contribution < 1.29 is 56.3 Å². The number of fused-ring (bicyclic) bond motifs is 22. The van der Waals surface area contributed by atoms with E-state index in [1.165, 1.54) is 24.3 Å². The molecule has 16 nitrogen and oxygen atoms in total. The SMILES string of the molecule is O=C(O)c1ccc2c3ccc(C(=O)O)c4c(C(=O)Oc5cccc6c7nc8nc(nc9[nH]c(nc%10nc(nc([nH]7)c56)-c5ccccc5-%10)c5ccccc95)-c5ccccc5-8)ccc(c5ccc(C(=O)O)c1c25)c43.[Cu]. The van der Waals surface area contributed by atoms with Crippen LogP contribution >= 0.6 is 0 Å². The Kier molecular flexibility index (Phi) is 9.31. The minimum Gasteiger partial charge on any atom is -0.478 e. The average Bonchev–Trinajstić information content (AvgIpc) is 4.13. The van der Waals surface area contributed by atoms with Crippen LogP contribution in [0.2, 0.25) is 0 Å². The van der Waals surface area contributed by atoms with E-state index in [0.29, 0.717) is 88.9 Å². The number of hydrogen-bond acceptors (Lipinski definition) is 11. The second-order valence-corrected chi connectivity index (χ2v) is 17.4. The van der Waals surface area contributed by atoms with E-state index in [0.717, 1.165) is 27.5 Å². The van der Waals surface area contributed by atoms with Gasteiger partial charge >= 0.3 is 23.9 Å². The molecular weight excluding hydrogens is 976 g/mol. The van der Waals surface area contributed by atoms with Gasteiger partial charge in [0.05, 0.1) is 27.6 Å². The predicted octanol–water partition coefficient (Wildman–Crippen LogP) is 11.2. The molecule has 5 N–H and O–H groups in total. The molecule has 12 aromatic rings. The van der Waals surface area contributed by atoms with Gasteiger partial charge in [0, 0.05) is 66.3 Å². The molecule has 5 heterocycles. The number of nitrogens with zero attached hydrogens (tertiary/aromatic N) is 6. The maximum absolute atomic E-state index is 14.9. The number of hydrogen-bond donors (Lipinski definition) is 5. The molecule has 0 fully saturated rings. The number of aromatic nitrogens is 8. The number of benzene rings is 9. The molecule has 0 saturated carbocycles. The van der Waals surface area contributed by atoms with Crippen molar-refractivity contribution in [3.05, 3.63) is 162 Å². The third-order valence-corrected chi connectivity index (χ3v) is 13.6.